The Hall–Kier alpha value is -0.330. The number of aliphatic hydroxyl groups excluding tert-OH is 1. The van der Waals surface area contributed by atoms with E-state index in [4.69, 9.17) is 10.8 Å². The van der Waals surface area contributed by atoms with Crippen molar-refractivity contribution in [1.82, 2.24) is 0 Å². The zero-order valence-electron chi connectivity index (χ0n) is 7.29. The Morgan fingerprint density at radius 2 is 2.15 bits per heavy atom. The van der Waals surface area contributed by atoms with Crippen LogP contribution < -0.4 is 5.73 Å². The van der Waals surface area contributed by atoms with Crippen LogP contribution in [0, 0.1) is 10.5 Å². The van der Waals surface area contributed by atoms with Crippen molar-refractivity contribution < 1.29 is 10.2 Å². The molecule has 1 aromatic rings. The van der Waals surface area contributed by atoms with Crippen LogP contribution in [0.25, 0.3) is 0 Å². The van der Waals surface area contributed by atoms with Gasteiger partial charge in [0.05, 0.1) is 16.2 Å². The second kappa shape index (κ2) is 4.26. The van der Waals surface area contributed by atoms with Crippen LogP contribution in [0.15, 0.2) is 12.1 Å². The number of aliphatic hydroxyl groups is 1. The Labute approximate surface area is 90.7 Å². The minimum Gasteiger partial charge on any atom is -0.506 e. The molecule has 1 atom stereocenters. The van der Waals surface area contributed by atoms with Gasteiger partial charge >= 0.3 is 0 Å². The lowest BCUT2D eigenvalue weighted by Crippen LogP contribution is -2.15. The van der Waals surface area contributed by atoms with Gasteiger partial charge in [-0.2, -0.15) is 0 Å². The average molecular weight is 293 g/mol. The van der Waals surface area contributed by atoms with Crippen molar-refractivity contribution in [3.05, 3.63) is 26.8 Å². The lowest BCUT2D eigenvalue weighted by atomic mass is 10.0. The zero-order chi connectivity index (χ0) is 10.0. The van der Waals surface area contributed by atoms with E-state index in [1.54, 1.807) is 6.07 Å². The van der Waals surface area contributed by atoms with Crippen molar-refractivity contribution in [2.45, 2.75) is 13.0 Å². The van der Waals surface area contributed by atoms with Crippen LogP contribution in [0.2, 0.25) is 0 Å². The standard InChI is InChI=1S/C9H12INO2/c1-5-2-6(8(11)4-12)9(13)7(10)3-5/h2-3,8,12-13H,4,11H2,1H3. The summed E-state index contributed by atoms with van der Waals surface area (Å²) in [6, 6.07) is 3.15. The highest BCUT2D eigenvalue weighted by molar-refractivity contribution is 14.1. The molecule has 13 heavy (non-hydrogen) atoms. The van der Waals surface area contributed by atoms with Gasteiger partial charge in [0, 0.05) is 5.56 Å². The number of aromatic hydroxyl groups is 1. The second-order valence-corrected chi connectivity index (χ2v) is 4.14. The van der Waals surface area contributed by atoms with Crippen LogP contribution in [0.1, 0.15) is 17.2 Å². The van der Waals surface area contributed by atoms with Crippen LogP contribution in [0.5, 0.6) is 5.75 Å². The van der Waals surface area contributed by atoms with E-state index in [9.17, 15) is 5.11 Å². The Bertz CT molecular complexity index is 315. The molecule has 0 bridgehead atoms. The normalized spacial score (nSPS) is 12.9. The van der Waals surface area contributed by atoms with Gasteiger partial charge in [-0.1, -0.05) is 6.07 Å². The molecule has 0 fully saturated rings. The van der Waals surface area contributed by atoms with Gasteiger partial charge in [0.25, 0.3) is 0 Å². The largest absolute Gasteiger partial charge is 0.506 e. The van der Waals surface area contributed by atoms with Gasteiger partial charge in [-0.15, -0.1) is 0 Å². The number of phenolic OH excluding ortho intramolecular Hbond substituents is 1. The third kappa shape index (κ3) is 2.32. The van der Waals surface area contributed by atoms with Crippen LogP contribution in [0.4, 0.5) is 0 Å². The molecule has 0 aliphatic carbocycles. The number of rotatable bonds is 2. The van der Waals surface area contributed by atoms with Crippen LogP contribution in [-0.2, 0) is 0 Å². The molecule has 0 aliphatic rings. The smallest absolute Gasteiger partial charge is 0.133 e. The summed E-state index contributed by atoms with van der Waals surface area (Å²) in [7, 11) is 0. The van der Waals surface area contributed by atoms with Gasteiger partial charge in [0.1, 0.15) is 5.75 Å². The van der Waals surface area contributed by atoms with E-state index in [0.717, 1.165) is 9.13 Å². The van der Waals surface area contributed by atoms with Gasteiger partial charge in [-0.25, -0.2) is 0 Å². The molecule has 0 saturated heterocycles. The molecule has 0 aromatic heterocycles. The maximum Gasteiger partial charge on any atom is 0.133 e. The first-order valence-corrected chi connectivity index (χ1v) is 4.99. The third-order valence-electron chi connectivity index (χ3n) is 1.83. The highest BCUT2D eigenvalue weighted by atomic mass is 127. The fourth-order valence-electron chi connectivity index (χ4n) is 1.14. The molecule has 0 amide bonds. The molecule has 72 valence electrons. The van der Waals surface area contributed by atoms with Gasteiger partial charge in [0.15, 0.2) is 0 Å². The lowest BCUT2D eigenvalue weighted by Gasteiger charge is -2.12. The summed E-state index contributed by atoms with van der Waals surface area (Å²) in [6.07, 6.45) is 0. The predicted molar refractivity (Wildman–Crippen MR) is 59.6 cm³/mol. The van der Waals surface area contributed by atoms with Crippen molar-refractivity contribution in [1.29, 1.82) is 0 Å². The van der Waals surface area contributed by atoms with Crippen molar-refractivity contribution in [2.24, 2.45) is 5.73 Å². The van der Waals surface area contributed by atoms with Crippen molar-refractivity contribution >= 4 is 22.6 Å². The van der Waals surface area contributed by atoms with Gasteiger partial charge in [-0.3, -0.25) is 0 Å². The molecular formula is C9H12INO2. The van der Waals surface area contributed by atoms with Crippen LogP contribution >= 0.6 is 22.6 Å². The van der Waals surface area contributed by atoms with E-state index in [1.165, 1.54) is 0 Å². The maximum atomic E-state index is 9.62. The summed E-state index contributed by atoms with van der Waals surface area (Å²) in [5.41, 5.74) is 7.25. The Balaban J connectivity index is 3.20. The quantitative estimate of drug-likeness (QED) is 0.720. The summed E-state index contributed by atoms with van der Waals surface area (Å²) >= 11 is 2.04. The first kappa shape index (κ1) is 10.7. The molecule has 0 aliphatic heterocycles. The Kier molecular flexibility index (Phi) is 3.52. The first-order valence-electron chi connectivity index (χ1n) is 3.91. The van der Waals surface area contributed by atoms with Gasteiger partial charge in [-0.05, 0) is 41.1 Å². The van der Waals surface area contributed by atoms with Gasteiger partial charge in [0.2, 0.25) is 0 Å². The fourth-order valence-corrected chi connectivity index (χ4v) is 1.95. The Morgan fingerprint density at radius 1 is 1.54 bits per heavy atom. The number of hydrogen-bond donors (Lipinski definition) is 3. The fraction of sp³-hybridized carbons (Fsp3) is 0.333. The monoisotopic (exact) mass is 293 g/mol. The molecular weight excluding hydrogens is 281 g/mol. The van der Waals surface area contributed by atoms with Crippen LogP contribution in [0.3, 0.4) is 0 Å². The molecule has 4 heteroatoms. The second-order valence-electron chi connectivity index (χ2n) is 2.97. The summed E-state index contributed by atoms with van der Waals surface area (Å²) in [5, 5.41) is 18.5. The van der Waals surface area contributed by atoms with E-state index >= 15 is 0 Å². The van der Waals surface area contributed by atoms with E-state index in [-0.39, 0.29) is 12.4 Å². The number of nitrogens with two attached hydrogens (primary N) is 1. The van der Waals surface area contributed by atoms with Crippen LogP contribution in [-0.4, -0.2) is 16.8 Å². The van der Waals surface area contributed by atoms with Crippen molar-refractivity contribution in [3.63, 3.8) is 0 Å². The number of aryl methyl sites for hydroxylation is 1. The maximum absolute atomic E-state index is 9.62. The topological polar surface area (TPSA) is 66.5 Å². The SMILES string of the molecule is Cc1cc(I)c(O)c(C(N)CO)c1. The number of hydrogen-bond acceptors (Lipinski definition) is 3. The minimum atomic E-state index is -0.506. The van der Waals surface area contributed by atoms with Crippen molar-refractivity contribution in [3.8, 4) is 5.75 Å². The molecule has 0 spiro atoms. The molecule has 1 aromatic carbocycles. The zero-order valence-corrected chi connectivity index (χ0v) is 9.45. The lowest BCUT2D eigenvalue weighted by molar-refractivity contribution is 0.265. The predicted octanol–water partition coefficient (Wildman–Crippen LogP) is 1.30. The van der Waals surface area contributed by atoms with E-state index in [0.29, 0.717) is 5.56 Å². The number of phenols is 1. The summed E-state index contributed by atoms with van der Waals surface area (Å²) < 4.78 is 0.761. The molecule has 0 heterocycles. The van der Waals surface area contributed by atoms with Gasteiger partial charge < -0.3 is 15.9 Å². The minimum absolute atomic E-state index is 0.160. The molecule has 1 rings (SSSR count). The highest BCUT2D eigenvalue weighted by Crippen LogP contribution is 2.29. The third-order valence-corrected chi connectivity index (χ3v) is 2.66. The number of halogens is 1. The molecule has 0 saturated carbocycles. The summed E-state index contributed by atoms with van der Waals surface area (Å²) in [5.74, 6) is 0.174. The molecule has 3 nitrogen and oxygen atoms in total. The molecule has 0 radical (unpaired) electrons. The molecule has 4 N–H and O–H groups in total. The van der Waals surface area contributed by atoms with E-state index < -0.39 is 6.04 Å². The average Bonchev–Trinajstić information content (AvgIpc) is 2.10. The summed E-state index contributed by atoms with van der Waals surface area (Å²) in [4.78, 5) is 0. The van der Waals surface area contributed by atoms with Crippen molar-refractivity contribution in [2.75, 3.05) is 6.61 Å². The highest BCUT2D eigenvalue weighted by Gasteiger charge is 2.12. The number of benzene rings is 1. The first-order chi connectivity index (χ1) is 6.06. The molecule has 1 unspecified atom stereocenters. The van der Waals surface area contributed by atoms with E-state index in [1.807, 2.05) is 35.6 Å². The summed E-state index contributed by atoms with van der Waals surface area (Å²) in [6.45, 7) is 1.77. The van der Waals surface area contributed by atoms with E-state index in [2.05, 4.69) is 0 Å². The Morgan fingerprint density at radius 3 is 2.69 bits per heavy atom.